The van der Waals surface area contributed by atoms with Gasteiger partial charge in [0.25, 0.3) is 11.6 Å². The molecule has 1 amide bonds. The van der Waals surface area contributed by atoms with E-state index < -0.39 is 10.8 Å². The van der Waals surface area contributed by atoms with Gasteiger partial charge in [-0.1, -0.05) is 0 Å². The van der Waals surface area contributed by atoms with E-state index in [0.29, 0.717) is 22.7 Å². The smallest absolute Gasteiger partial charge is 0.269 e. The van der Waals surface area contributed by atoms with Crippen molar-refractivity contribution in [1.29, 1.82) is 0 Å². The van der Waals surface area contributed by atoms with Crippen LogP contribution < -0.4 is 25.6 Å². The Hall–Kier alpha value is -3.40. The number of nitrogens with zero attached hydrogens (tertiary/aromatic N) is 1. The van der Waals surface area contributed by atoms with E-state index in [1.807, 2.05) is 0 Å². The molecule has 3 N–H and O–H groups in total. The SMILES string of the molecule is COc1ccc(C(=O)NNC(=S)Nc2ccc([N+](=O)[O-])cc2)cc1OC. The van der Waals surface area contributed by atoms with Gasteiger partial charge in [-0.3, -0.25) is 25.8 Å². The Morgan fingerprint density at radius 2 is 1.69 bits per heavy atom. The van der Waals surface area contributed by atoms with Crippen LogP contribution in [0.25, 0.3) is 0 Å². The first-order valence-electron chi connectivity index (χ1n) is 7.28. The highest BCUT2D eigenvalue weighted by Crippen LogP contribution is 2.27. The molecular weight excluding hydrogens is 360 g/mol. The lowest BCUT2D eigenvalue weighted by Gasteiger charge is -2.13. The summed E-state index contributed by atoms with van der Waals surface area (Å²) in [5, 5.41) is 13.5. The highest BCUT2D eigenvalue weighted by Gasteiger charge is 2.11. The minimum absolute atomic E-state index is 0.0313. The van der Waals surface area contributed by atoms with Gasteiger partial charge in [0.2, 0.25) is 0 Å². The standard InChI is InChI=1S/C16H16N4O5S/c1-24-13-8-3-10(9-14(13)25-2)15(21)18-19-16(26)17-11-4-6-12(7-5-11)20(22)23/h3-9H,1-2H3,(H,18,21)(H2,17,19,26). The van der Waals surface area contributed by atoms with Crippen molar-refractivity contribution in [1.82, 2.24) is 10.9 Å². The number of nitrogens with one attached hydrogen (secondary N) is 3. The number of non-ortho nitro benzene ring substituents is 1. The molecule has 0 aliphatic carbocycles. The number of rotatable bonds is 5. The first-order chi connectivity index (χ1) is 12.4. The average molecular weight is 376 g/mol. The topological polar surface area (TPSA) is 115 Å². The summed E-state index contributed by atoms with van der Waals surface area (Å²) < 4.78 is 10.3. The summed E-state index contributed by atoms with van der Waals surface area (Å²) >= 11 is 5.06. The van der Waals surface area contributed by atoms with E-state index in [2.05, 4.69) is 16.2 Å². The fourth-order valence-corrected chi connectivity index (χ4v) is 2.16. The van der Waals surface area contributed by atoms with E-state index in [4.69, 9.17) is 21.7 Å². The highest BCUT2D eigenvalue weighted by atomic mass is 32.1. The minimum atomic E-state index is -0.496. The molecule has 0 saturated heterocycles. The molecule has 0 radical (unpaired) electrons. The number of amides is 1. The molecule has 9 nitrogen and oxygen atoms in total. The van der Waals surface area contributed by atoms with Crippen molar-refractivity contribution >= 4 is 34.6 Å². The monoisotopic (exact) mass is 376 g/mol. The quantitative estimate of drug-likeness (QED) is 0.413. The molecule has 0 heterocycles. The summed E-state index contributed by atoms with van der Waals surface area (Å²) in [4.78, 5) is 22.3. The van der Waals surface area contributed by atoms with Gasteiger partial charge in [0, 0.05) is 23.4 Å². The number of nitro groups is 1. The van der Waals surface area contributed by atoms with Crippen LogP contribution in [0.3, 0.4) is 0 Å². The van der Waals surface area contributed by atoms with Crippen molar-refractivity contribution in [2.24, 2.45) is 0 Å². The summed E-state index contributed by atoms with van der Waals surface area (Å²) in [5.41, 5.74) is 5.83. The van der Waals surface area contributed by atoms with Gasteiger partial charge >= 0.3 is 0 Å². The summed E-state index contributed by atoms with van der Waals surface area (Å²) in [6.45, 7) is 0. The normalized spacial score (nSPS) is 9.77. The maximum Gasteiger partial charge on any atom is 0.269 e. The molecule has 0 aliphatic rings. The predicted molar refractivity (Wildman–Crippen MR) is 99.5 cm³/mol. The van der Waals surface area contributed by atoms with E-state index in [9.17, 15) is 14.9 Å². The Labute approximate surface area is 154 Å². The molecule has 0 atom stereocenters. The van der Waals surface area contributed by atoms with Crippen molar-refractivity contribution in [3.8, 4) is 11.5 Å². The molecular formula is C16H16N4O5S. The van der Waals surface area contributed by atoms with Gasteiger partial charge in [0.15, 0.2) is 16.6 Å². The predicted octanol–water partition coefficient (Wildman–Crippen LogP) is 2.24. The number of anilines is 1. The van der Waals surface area contributed by atoms with Gasteiger partial charge in [0.1, 0.15) is 0 Å². The molecule has 0 unspecified atom stereocenters. The van der Waals surface area contributed by atoms with E-state index in [1.54, 1.807) is 12.1 Å². The van der Waals surface area contributed by atoms with Crippen LogP contribution >= 0.6 is 12.2 Å². The highest BCUT2D eigenvalue weighted by molar-refractivity contribution is 7.80. The third-order valence-electron chi connectivity index (χ3n) is 3.27. The Morgan fingerprint density at radius 3 is 2.27 bits per heavy atom. The second kappa shape index (κ2) is 8.62. The van der Waals surface area contributed by atoms with Gasteiger partial charge in [-0.05, 0) is 42.5 Å². The fourth-order valence-electron chi connectivity index (χ4n) is 1.99. The first-order valence-corrected chi connectivity index (χ1v) is 7.69. The van der Waals surface area contributed by atoms with Crippen LogP contribution in [-0.2, 0) is 0 Å². The zero-order chi connectivity index (χ0) is 19.1. The van der Waals surface area contributed by atoms with Crippen molar-refractivity contribution in [2.75, 3.05) is 19.5 Å². The van der Waals surface area contributed by atoms with Crippen molar-refractivity contribution in [2.45, 2.75) is 0 Å². The summed E-state index contributed by atoms with van der Waals surface area (Å²) in [6.07, 6.45) is 0. The third-order valence-corrected chi connectivity index (χ3v) is 3.48. The number of hydrogen-bond acceptors (Lipinski definition) is 6. The lowest BCUT2D eigenvalue weighted by Crippen LogP contribution is -2.43. The van der Waals surface area contributed by atoms with Gasteiger partial charge in [0.05, 0.1) is 19.1 Å². The van der Waals surface area contributed by atoms with Gasteiger partial charge in [-0.25, -0.2) is 0 Å². The third kappa shape index (κ3) is 4.80. The van der Waals surface area contributed by atoms with Crippen molar-refractivity contribution < 1.29 is 19.2 Å². The fraction of sp³-hybridized carbons (Fsp3) is 0.125. The molecule has 0 fully saturated rings. The summed E-state index contributed by atoms with van der Waals surface area (Å²) in [7, 11) is 2.97. The average Bonchev–Trinajstić information content (AvgIpc) is 2.65. The van der Waals surface area contributed by atoms with Crippen LogP contribution in [0.1, 0.15) is 10.4 Å². The largest absolute Gasteiger partial charge is 0.493 e. The molecule has 2 rings (SSSR count). The lowest BCUT2D eigenvalue weighted by atomic mass is 10.2. The minimum Gasteiger partial charge on any atom is -0.493 e. The van der Waals surface area contributed by atoms with Crippen LogP contribution in [0.5, 0.6) is 11.5 Å². The molecule has 10 heteroatoms. The zero-order valence-electron chi connectivity index (χ0n) is 13.9. The van der Waals surface area contributed by atoms with Crippen LogP contribution in [0.2, 0.25) is 0 Å². The second-order valence-electron chi connectivity index (χ2n) is 4.91. The molecule has 0 saturated carbocycles. The molecule has 2 aromatic carbocycles. The van der Waals surface area contributed by atoms with Crippen LogP contribution in [0.4, 0.5) is 11.4 Å². The molecule has 0 spiro atoms. The summed E-state index contributed by atoms with van der Waals surface area (Å²) in [5.74, 6) is 0.498. The van der Waals surface area contributed by atoms with Crippen molar-refractivity contribution in [3.63, 3.8) is 0 Å². The van der Waals surface area contributed by atoms with E-state index in [1.165, 1.54) is 44.6 Å². The summed E-state index contributed by atoms with van der Waals surface area (Å²) in [6, 6.07) is 10.4. The molecule has 26 heavy (non-hydrogen) atoms. The van der Waals surface area contributed by atoms with E-state index in [-0.39, 0.29) is 10.8 Å². The molecule has 2 aromatic rings. The molecule has 0 bridgehead atoms. The maximum absolute atomic E-state index is 12.2. The number of thiocarbonyl (C=S) groups is 1. The number of benzene rings is 2. The Balaban J connectivity index is 1.92. The number of hydrazine groups is 1. The lowest BCUT2D eigenvalue weighted by molar-refractivity contribution is -0.384. The maximum atomic E-state index is 12.2. The number of ether oxygens (including phenoxy) is 2. The Kier molecular flexibility index (Phi) is 6.28. The van der Waals surface area contributed by atoms with Crippen LogP contribution in [-0.4, -0.2) is 30.2 Å². The second-order valence-corrected chi connectivity index (χ2v) is 5.32. The number of nitro benzene ring substituents is 1. The molecule has 0 aromatic heterocycles. The Bertz CT molecular complexity index is 826. The number of carbonyl (C=O) groups excluding carboxylic acids is 1. The zero-order valence-corrected chi connectivity index (χ0v) is 14.8. The Morgan fingerprint density at radius 1 is 1.04 bits per heavy atom. The number of hydrogen-bond donors (Lipinski definition) is 3. The van der Waals surface area contributed by atoms with Gasteiger partial charge in [-0.2, -0.15) is 0 Å². The van der Waals surface area contributed by atoms with Crippen LogP contribution in [0.15, 0.2) is 42.5 Å². The molecule has 0 aliphatic heterocycles. The van der Waals surface area contributed by atoms with E-state index >= 15 is 0 Å². The number of carbonyl (C=O) groups is 1. The van der Waals surface area contributed by atoms with Crippen LogP contribution in [0, 0.1) is 10.1 Å². The molecule has 136 valence electrons. The van der Waals surface area contributed by atoms with Gasteiger partial charge in [-0.15, -0.1) is 0 Å². The number of methoxy groups -OCH3 is 2. The van der Waals surface area contributed by atoms with Gasteiger partial charge < -0.3 is 14.8 Å². The van der Waals surface area contributed by atoms with Crippen molar-refractivity contribution in [3.05, 3.63) is 58.1 Å². The first kappa shape index (κ1) is 18.9. The van der Waals surface area contributed by atoms with E-state index in [0.717, 1.165) is 0 Å².